The lowest BCUT2D eigenvalue weighted by atomic mass is 9.97. The first-order valence-corrected chi connectivity index (χ1v) is 6.78. The van der Waals surface area contributed by atoms with E-state index >= 15 is 0 Å². The van der Waals surface area contributed by atoms with E-state index in [2.05, 4.69) is 48.6 Å². The molecular weight excluding hydrogens is 228 g/mol. The molecule has 0 fully saturated rings. The summed E-state index contributed by atoms with van der Waals surface area (Å²) in [4.78, 5) is 1.13. The summed E-state index contributed by atoms with van der Waals surface area (Å²) in [5.74, 6) is 0.624. The van der Waals surface area contributed by atoms with Crippen molar-refractivity contribution in [1.82, 2.24) is 4.37 Å². The molecule has 0 spiro atoms. The van der Waals surface area contributed by atoms with Crippen LogP contribution < -0.4 is 5.73 Å². The Bertz CT molecular complexity index is 473. The SMILES string of the molecule is CCC(C)c1ccc(-c2cc(CN)sn2)cc1. The number of benzene rings is 1. The van der Waals surface area contributed by atoms with Gasteiger partial charge in [-0.15, -0.1) is 0 Å². The van der Waals surface area contributed by atoms with Gasteiger partial charge in [-0.3, -0.25) is 0 Å². The minimum absolute atomic E-state index is 0.572. The minimum atomic E-state index is 0.572. The summed E-state index contributed by atoms with van der Waals surface area (Å²) >= 11 is 1.48. The van der Waals surface area contributed by atoms with Gasteiger partial charge in [-0.2, -0.15) is 4.37 Å². The average Bonchev–Trinajstić information content (AvgIpc) is 2.87. The molecule has 0 aliphatic heterocycles. The Balaban J connectivity index is 2.22. The van der Waals surface area contributed by atoms with Gasteiger partial charge in [0.1, 0.15) is 0 Å². The standard InChI is InChI=1S/C14H18N2S/c1-3-10(2)11-4-6-12(7-5-11)14-8-13(9-15)17-16-14/h4-8,10H,3,9,15H2,1-2H3. The fourth-order valence-electron chi connectivity index (χ4n) is 1.76. The van der Waals surface area contributed by atoms with Crippen LogP contribution in [0.2, 0.25) is 0 Å². The van der Waals surface area contributed by atoms with Gasteiger partial charge in [-0.05, 0) is 35.5 Å². The van der Waals surface area contributed by atoms with Crippen LogP contribution in [0.15, 0.2) is 30.3 Å². The number of nitrogens with zero attached hydrogens (tertiary/aromatic N) is 1. The maximum atomic E-state index is 5.59. The average molecular weight is 246 g/mol. The van der Waals surface area contributed by atoms with Crippen LogP contribution >= 0.6 is 11.5 Å². The fourth-order valence-corrected chi connectivity index (χ4v) is 2.38. The maximum absolute atomic E-state index is 5.59. The van der Waals surface area contributed by atoms with E-state index in [-0.39, 0.29) is 0 Å². The predicted octanol–water partition coefficient (Wildman–Crippen LogP) is 3.78. The van der Waals surface area contributed by atoms with Gasteiger partial charge in [0.05, 0.1) is 5.69 Å². The zero-order chi connectivity index (χ0) is 12.3. The molecule has 3 heteroatoms. The summed E-state index contributed by atoms with van der Waals surface area (Å²) in [6, 6.07) is 10.8. The number of aromatic nitrogens is 1. The van der Waals surface area contributed by atoms with Gasteiger partial charge < -0.3 is 5.73 Å². The smallest absolute Gasteiger partial charge is 0.0844 e. The lowest BCUT2D eigenvalue weighted by molar-refractivity contribution is 0.734. The van der Waals surface area contributed by atoms with Crippen LogP contribution in [0.3, 0.4) is 0 Å². The van der Waals surface area contributed by atoms with Crippen molar-refractivity contribution in [1.29, 1.82) is 0 Å². The summed E-state index contributed by atoms with van der Waals surface area (Å²) in [5, 5.41) is 0. The molecule has 1 unspecified atom stereocenters. The van der Waals surface area contributed by atoms with Crippen LogP contribution in [0, 0.1) is 0 Å². The third kappa shape index (κ3) is 2.73. The number of nitrogens with two attached hydrogens (primary N) is 1. The zero-order valence-corrected chi connectivity index (χ0v) is 11.1. The van der Waals surface area contributed by atoms with Gasteiger partial charge in [0.25, 0.3) is 0 Å². The molecule has 2 nitrogen and oxygen atoms in total. The summed E-state index contributed by atoms with van der Waals surface area (Å²) < 4.78 is 4.41. The highest BCUT2D eigenvalue weighted by Crippen LogP contribution is 2.25. The van der Waals surface area contributed by atoms with Crippen molar-refractivity contribution in [2.45, 2.75) is 32.7 Å². The third-order valence-corrected chi connectivity index (χ3v) is 3.96. The molecule has 0 bridgehead atoms. The molecule has 1 aromatic carbocycles. The Hall–Kier alpha value is -1.19. The van der Waals surface area contributed by atoms with Crippen molar-refractivity contribution in [3.8, 4) is 11.3 Å². The van der Waals surface area contributed by atoms with Gasteiger partial charge in [0.2, 0.25) is 0 Å². The molecule has 1 heterocycles. The molecule has 17 heavy (non-hydrogen) atoms. The first-order chi connectivity index (χ1) is 8.24. The molecular formula is C14H18N2S. The summed E-state index contributed by atoms with van der Waals surface area (Å²) in [5.41, 5.74) is 9.20. The van der Waals surface area contributed by atoms with Crippen LogP contribution in [0.5, 0.6) is 0 Å². The summed E-state index contributed by atoms with van der Waals surface area (Å²) in [7, 11) is 0. The van der Waals surface area contributed by atoms with E-state index in [1.807, 2.05) is 0 Å². The number of hydrogen-bond acceptors (Lipinski definition) is 3. The van der Waals surface area contributed by atoms with Gasteiger partial charge in [-0.1, -0.05) is 38.1 Å². The molecule has 0 radical (unpaired) electrons. The van der Waals surface area contributed by atoms with Crippen molar-refractivity contribution >= 4 is 11.5 Å². The highest BCUT2D eigenvalue weighted by Gasteiger charge is 2.06. The molecule has 0 amide bonds. The Labute approximate surface area is 107 Å². The van der Waals surface area contributed by atoms with Crippen molar-refractivity contribution in [3.63, 3.8) is 0 Å². The Morgan fingerprint density at radius 1 is 1.29 bits per heavy atom. The maximum Gasteiger partial charge on any atom is 0.0844 e. The fraction of sp³-hybridized carbons (Fsp3) is 0.357. The van der Waals surface area contributed by atoms with Gasteiger partial charge >= 0.3 is 0 Å². The van der Waals surface area contributed by atoms with Crippen LogP contribution in [0.4, 0.5) is 0 Å². The minimum Gasteiger partial charge on any atom is -0.326 e. The first-order valence-electron chi connectivity index (χ1n) is 6.00. The van der Waals surface area contributed by atoms with E-state index in [1.54, 1.807) is 0 Å². The van der Waals surface area contributed by atoms with E-state index in [1.165, 1.54) is 29.1 Å². The van der Waals surface area contributed by atoms with Crippen LogP contribution in [-0.4, -0.2) is 4.37 Å². The van der Waals surface area contributed by atoms with E-state index in [0.717, 1.165) is 10.6 Å². The predicted molar refractivity (Wildman–Crippen MR) is 74.1 cm³/mol. The van der Waals surface area contributed by atoms with Crippen molar-refractivity contribution in [2.75, 3.05) is 0 Å². The molecule has 0 aliphatic carbocycles. The normalized spacial score (nSPS) is 12.6. The molecule has 2 aromatic rings. The summed E-state index contributed by atoms with van der Waals surface area (Å²) in [6.45, 7) is 5.04. The van der Waals surface area contributed by atoms with Gasteiger partial charge in [-0.25, -0.2) is 0 Å². The lowest BCUT2D eigenvalue weighted by Crippen LogP contribution is -1.91. The zero-order valence-electron chi connectivity index (χ0n) is 10.3. The highest BCUT2D eigenvalue weighted by molar-refractivity contribution is 7.06. The third-order valence-electron chi connectivity index (χ3n) is 3.15. The molecule has 0 saturated heterocycles. The number of hydrogen-bond donors (Lipinski definition) is 1. The lowest BCUT2D eigenvalue weighted by Gasteiger charge is -2.08. The van der Waals surface area contributed by atoms with E-state index in [0.29, 0.717) is 12.5 Å². The van der Waals surface area contributed by atoms with E-state index in [4.69, 9.17) is 5.73 Å². The monoisotopic (exact) mass is 246 g/mol. The quantitative estimate of drug-likeness (QED) is 0.891. The molecule has 0 aliphatic rings. The second kappa shape index (κ2) is 5.43. The van der Waals surface area contributed by atoms with Crippen LogP contribution in [0.25, 0.3) is 11.3 Å². The first kappa shape index (κ1) is 12.3. The van der Waals surface area contributed by atoms with Crippen LogP contribution in [-0.2, 0) is 6.54 Å². The summed E-state index contributed by atoms with van der Waals surface area (Å²) in [6.07, 6.45) is 1.17. The van der Waals surface area contributed by atoms with Crippen LogP contribution in [0.1, 0.15) is 36.6 Å². The molecule has 90 valence electrons. The highest BCUT2D eigenvalue weighted by atomic mass is 32.1. The van der Waals surface area contributed by atoms with Gasteiger partial charge in [0.15, 0.2) is 0 Å². The molecule has 2 N–H and O–H groups in total. The molecule has 1 atom stereocenters. The van der Waals surface area contributed by atoms with E-state index in [9.17, 15) is 0 Å². The van der Waals surface area contributed by atoms with Crippen molar-refractivity contribution in [2.24, 2.45) is 5.73 Å². The van der Waals surface area contributed by atoms with Crippen molar-refractivity contribution in [3.05, 3.63) is 40.8 Å². The Morgan fingerprint density at radius 2 is 2.00 bits per heavy atom. The number of rotatable bonds is 4. The van der Waals surface area contributed by atoms with Crippen molar-refractivity contribution < 1.29 is 0 Å². The Kier molecular flexibility index (Phi) is 3.92. The molecule has 0 saturated carbocycles. The molecule has 2 rings (SSSR count). The second-order valence-corrected chi connectivity index (χ2v) is 5.20. The topological polar surface area (TPSA) is 38.9 Å². The molecule has 1 aromatic heterocycles. The van der Waals surface area contributed by atoms with E-state index < -0.39 is 0 Å². The largest absolute Gasteiger partial charge is 0.326 e. The van der Waals surface area contributed by atoms with Gasteiger partial charge in [0, 0.05) is 17.0 Å². The Morgan fingerprint density at radius 3 is 2.53 bits per heavy atom. The second-order valence-electron chi connectivity index (χ2n) is 4.31.